The molecule has 0 aliphatic rings. The molecule has 0 unspecified atom stereocenters. The molecule has 0 fully saturated rings. The van der Waals surface area contributed by atoms with Gasteiger partial charge in [-0.3, -0.25) is 4.79 Å². The number of aromatic carboxylic acids is 1. The van der Waals surface area contributed by atoms with E-state index >= 15 is 0 Å². The van der Waals surface area contributed by atoms with Crippen LogP contribution in [0.2, 0.25) is 0 Å². The van der Waals surface area contributed by atoms with Gasteiger partial charge in [0.05, 0.1) is 5.56 Å². The van der Waals surface area contributed by atoms with Gasteiger partial charge in [-0.25, -0.2) is 4.79 Å². The van der Waals surface area contributed by atoms with Crippen LogP contribution in [0, 0.1) is 0 Å². The second-order valence-electron chi connectivity index (χ2n) is 5.28. The Labute approximate surface area is 139 Å². The van der Waals surface area contributed by atoms with Crippen molar-refractivity contribution in [1.29, 1.82) is 0 Å². The van der Waals surface area contributed by atoms with E-state index in [9.17, 15) is 9.59 Å². The zero-order valence-electron chi connectivity index (χ0n) is 12.8. The number of rotatable bonds is 4. The molecule has 0 saturated heterocycles. The maximum absolute atomic E-state index is 12.4. The van der Waals surface area contributed by atoms with Crippen molar-refractivity contribution >= 4 is 17.6 Å². The monoisotopic (exact) mass is 317 g/mol. The second-order valence-corrected chi connectivity index (χ2v) is 5.28. The molecule has 118 valence electrons. The molecule has 3 aromatic rings. The fourth-order valence-corrected chi connectivity index (χ4v) is 2.37. The van der Waals surface area contributed by atoms with Crippen LogP contribution in [0.25, 0.3) is 11.1 Å². The van der Waals surface area contributed by atoms with E-state index in [1.165, 1.54) is 0 Å². The average molecular weight is 317 g/mol. The molecule has 4 heteroatoms. The molecule has 0 heterocycles. The molecule has 4 nitrogen and oxygen atoms in total. The largest absolute Gasteiger partial charge is 0.478 e. The number of anilines is 1. The topological polar surface area (TPSA) is 66.4 Å². The third-order valence-corrected chi connectivity index (χ3v) is 3.62. The minimum Gasteiger partial charge on any atom is -0.478 e. The molecule has 0 saturated carbocycles. The molecule has 0 aromatic heterocycles. The van der Waals surface area contributed by atoms with Crippen LogP contribution >= 0.6 is 0 Å². The van der Waals surface area contributed by atoms with Gasteiger partial charge < -0.3 is 10.4 Å². The first-order valence-electron chi connectivity index (χ1n) is 7.44. The minimum absolute atomic E-state index is 0.190. The van der Waals surface area contributed by atoms with E-state index in [2.05, 4.69) is 5.32 Å². The first kappa shape index (κ1) is 15.5. The average Bonchev–Trinajstić information content (AvgIpc) is 2.63. The van der Waals surface area contributed by atoms with Crippen molar-refractivity contribution < 1.29 is 14.7 Å². The zero-order valence-corrected chi connectivity index (χ0v) is 12.8. The molecule has 3 aromatic carbocycles. The molecule has 24 heavy (non-hydrogen) atoms. The summed E-state index contributed by atoms with van der Waals surface area (Å²) in [6, 6.07) is 23.0. The molecule has 3 rings (SSSR count). The number of amides is 1. The van der Waals surface area contributed by atoms with Gasteiger partial charge in [-0.05, 0) is 47.5 Å². The van der Waals surface area contributed by atoms with Crippen molar-refractivity contribution in [3.63, 3.8) is 0 Å². The molecule has 2 N–H and O–H groups in total. The summed E-state index contributed by atoms with van der Waals surface area (Å²) in [5.41, 5.74) is 3.22. The fourth-order valence-electron chi connectivity index (χ4n) is 2.37. The highest BCUT2D eigenvalue weighted by atomic mass is 16.4. The third kappa shape index (κ3) is 3.50. The lowest BCUT2D eigenvalue weighted by Crippen LogP contribution is -2.11. The summed E-state index contributed by atoms with van der Waals surface area (Å²) in [6.07, 6.45) is 0. The lowest BCUT2D eigenvalue weighted by Gasteiger charge is -2.07. The normalized spacial score (nSPS) is 10.2. The summed E-state index contributed by atoms with van der Waals surface area (Å²) < 4.78 is 0. The molecule has 0 radical (unpaired) electrons. The van der Waals surface area contributed by atoms with E-state index in [0.717, 1.165) is 16.8 Å². The highest BCUT2D eigenvalue weighted by Gasteiger charge is 2.08. The summed E-state index contributed by atoms with van der Waals surface area (Å²) in [5, 5.41) is 11.8. The molecular weight excluding hydrogens is 302 g/mol. The van der Waals surface area contributed by atoms with Crippen LogP contribution in [-0.2, 0) is 0 Å². The number of carbonyl (C=O) groups excluding carboxylic acids is 1. The van der Waals surface area contributed by atoms with Crippen molar-refractivity contribution in [2.45, 2.75) is 0 Å². The van der Waals surface area contributed by atoms with E-state index in [4.69, 9.17) is 5.11 Å². The first-order chi connectivity index (χ1) is 11.6. The van der Waals surface area contributed by atoms with Gasteiger partial charge in [0.15, 0.2) is 0 Å². The van der Waals surface area contributed by atoms with Gasteiger partial charge in [0.2, 0.25) is 0 Å². The number of hydrogen-bond acceptors (Lipinski definition) is 2. The van der Waals surface area contributed by atoms with Crippen LogP contribution in [0.4, 0.5) is 5.69 Å². The third-order valence-electron chi connectivity index (χ3n) is 3.62. The van der Waals surface area contributed by atoms with Crippen LogP contribution in [0.1, 0.15) is 20.7 Å². The molecule has 0 atom stereocenters. The Morgan fingerprint density at radius 2 is 1.42 bits per heavy atom. The SMILES string of the molecule is O=C(O)c1ccc(-c2cccc(C(=O)Nc3ccccc3)c2)cc1. The molecule has 0 spiro atoms. The van der Waals surface area contributed by atoms with Gasteiger partial charge in [0.25, 0.3) is 5.91 Å². The van der Waals surface area contributed by atoms with E-state index in [1.54, 1.807) is 42.5 Å². The van der Waals surface area contributed by atoms with Crippen LogP contribution in [0.15, 0.2) is 78.9 Å². The number of carboxylic acids is 1. The van der Waals surface area contributed by atoms with E-state index in [0.29, 0.717) is 5.56 Å². The highest BCUT2D eigenvalue weighted by Crippen LogP contribution is 2.21. The van der Waals surface area contributed by atoms with Crippen LogP contribution < -0.4 is 5.32 Å². The van der Waals surface area contributed by atoms with Crippen molar-refractivity contribution in [3.8, 4) is 11.1 Å². The van der Waals surface area contributed by atoms with E-state index in [1.807, 2.05) is 36.4 Å². The van der Waals surface area contributed by atoms with E-state index < -0.39 is 5.97 Å². The fraction of sp³-hybridized carbons (Fsp3) is 0. The Hall–Kier alpha value is -3.40. The Morgan fingerprint density at radius 1 is 0.708 bits per heavy atom. The Kier molecular flexibility index (Phi) is 4.38. The molecule has 0 aliphatic carbocycles. The van der Waals surface area contributed by atoms with Crippen LogP contribution in [0.5, 0.6) is 0 Å². The quantitative estimate of drug-likeness (QED) is 0.754. The number of para-hydroxylation sites is 1. The maximum Gasteiger partial charge on any atom is 0.335 e. The lowest BCUT2D eigenvalue weighted by atomic mass is 10.0. The number of carbonyl (C=O) groups is 2. The first-order valence-corrected chi connectivity index (χ1v) is 7.44. The van der Waals surface area contributed by atoms with E-state index in [-0.39, 0.29) is 11.5 Å². The minimum atomic E-state index is -0.961. The Morgan fingerprint density at radius 3 is 2.08 bits per heavy atom. The van der Waals surface area contributed by atoms with Gasteiger partial charge in [-0.15, -0.1) is 0 Å². The van der Waals surface area contributed by atoms with Crippen molar-refractivity contribution in [2.75, 3.05) is 5.32 Å². The number of hydrogen-bond donors (Lipinski definition) is 2. The lowest BCUT2D eigenvalue weighted by molar-refractivity contribution is 0.0696. The standard InChI is InChI=1S/C20H15NO3/c22-19(21-18-7-2-1-3-8-18)17-6-4-5-16(13-17)14-9-11-15(12-10-14)20(23)24/h1-13H,(H,21,22)(H,23,24). The van der Waals surface area contributed by atoms with Crippen molar-refractivity contribution in [1.82, 2.24) is 0 Å². The van der Waals surface area contributed by atoms with Crippen LogP contribution in [0.3, 0.4) is 0 Å². The summed E-state index contributed by atoms with van der Waals surface area (Å²) in [4.78, 5) is 23.3. The molecular formula is C20H15NO3. The van der Waals surface area contributed by atoms with Gasteiger partial charge in [0.1, 0.15) is 0 Å². The second kappa shape index (κ2) is 6.79. The summed E-state index contributed by atoms with van der Waals surface area (Å²) >= 11 is 0. The highest BCUT2D eigenvalue weighted by molar-refractivity contribution is 6.05. The van der Waals surface area contributed by atoms with Crippen molar-refractivity contribution in [2.24, 2.45) is 0 Å². The smallest absolute Gasteiger partial charge is 0.335 e. The molecule has 1 amide bonds. The summed E-state index contributed by atoms with van der Waals surface area (Å²) in [6.45, 7) is 0. The van der Waals surface area contributed by atoms with Gasteiger partial charge in [-0.2, -0.15) is 0 Å². The van der Waals surface area contributed by atoms with Gasteiger partial charge in [-0.1, -0.05) is 42.5 Å². The van der Waals surface area contributed by atoms with Crippen LogP contribution in [-0.4, -0.2) is 17.0 Å². The zero-order chi connectivity index (χ0) is 16.9. The summed E-state index contributed by atoms with van der Waals surface area (Å²) in [7, 11) is 0. The number of carboxylic acid groups (broad SMARTS) is 1. The Balaban J connectivity index is 1.83. The predicted octanol–water partition coefficient (Wildman–Crippen LogP) is 4.30. The molecule has 0 aliphatic heterocycles. The Bertz CT molecular complexity index is 871. The van der Waals surface area contributed by atoms with Gasteiger partial charge in [0, 0.05) is 11.3 Å². The summed E-state index contributed by atoms with van der Waals surface area (Å²) in [5.74, 6) is -1.15. The number of benzene rings is 3. The predicted molar refractivity (Wildman–Crippen MR) is 93.2 cm³/mol. The number of nitrogens with one attached hydrogen (secondary N) is 1. The maximum atomic E-state index is 12.4. The van der Waals surface area contributed by atoms with Gasteiger partial charge >= 0.3 is 5.97 Å². The van der Waals surface area contributed by atoms with Crippen molar-refractivity contribution in [3.05, 3.63) is 90.0 Å². The molecule has 0 bridgehead atoms.